The Bertz CT molecular complexity index is 537. The lowest BCUT2D eigenvalue weighted by molar-refractivity contribution is 0.400. The topological polar surface area (TPSA) is 58.3 Å². The van der Waals surface area contributed by atoms with Crippen LogP contribution in [0.5, 0.6) is 0 Å². The molecule has 0 fully saturated rings. The Morgan fingerprint density at radius 3 is 2.74 bits per heavy atom. The molecule has 2 aromatic heterocycles. The third kappa shape index (κ3) is 3.33. The fourth-order valence-electron chi connectivity index (χ4n) is 2.09. The summed E-state index contributed by atoms with van der Waals surface area (Å²) in [4.78, 5) is 14.1. The molecule has 0 aliphatic heterocycles. The second-order valence-corrected chi connectivity index (χ2v) is 5.68. The van der Waals surface area contributed by atoms with E-state index in [4.69, 9.17) is 5.73 Å². The summed E-state index contributed by atoms with van der Waals surface area (Å²) in [6, 6.07) is 2.07. The minimum atomic E-state index is 0.357. The lowest BCUT2D eigenvalue weighted by Crippen LogP contribution is -2.28. The van der Waals surface area contributed by atoms with Crippen LogP contribution in [-0.4, -0.2) is 48.6 Å². The number of nitrogens with zero attached hydrogens (tertiary/aromatic N) is 4. The van der Waals surface area contributed by atoms with Gasteiger partial charge >= 0.3 is 0 Å². The molecule has 104 valence electrons. The van der Waals surface area contributed by atoms with Gasteiger partial charge in [0.25, 0.3) is 0 Å². The summed E-state index contributed by atoms with van der Waals surface area (Å²) in [5.74, 6) is 1.32. The highest BCUT2D eigenvalue weighted by molar-refractivity contribution is 7.16. The molecular formula is C13H21N5S. The van der Waals surface area contributed by atoms with Crippen molar-refractivity contribution in [3.8, 4) is 0 Å². The van der Waals surface area contributed by atoms with Gasteiger partial charge in [0.05, 0.1) is 5.39 Å². The van der Waals surface area contributed by atoms with Crippen molar-refractivity contribution >= 4 is 33.3 Å². The van der Waals surface area contributed by atoms with Crippen LogP contribution in [0.3, 0.4) is 0 Å². The van der Waals surface area contributed by atoms with E-state index in [1.54, 1.807) is 11.3 Å². The highest BCUT2D eigenvalue weighted by atomic mass is 32.1. The first-order chi connectivity index (χ1) is 9.11. The second kappa shape index (κ2) is 6.16. The maximum Gasteiger partial charge on any atom is 0.223 e. The van der Waals surface area contributed by atoms with E-state index < -0.39 is 0 Å². The molecule has 0 saturated heterocycles. The van der Waals surface area contributed by atoms with Gasteiger partial charge in [-0.1, -0.05) is 0 Å². The largest absolute Gasteiger partial charge is 0.368 e. The SMILES string of the molecule is CCN(CCCN(C)C)c1nc(N)nc2sccc12. The molecule has 0 saturated carbocycles. The average Bonchev–Trinajstić information content (AvgIpc) is 2.81. The van der Waals surface area contributed by atoms with E-state index in [2.05, 4.69) is 46.9 Å². The number of anilines is 2. The van der Waals surface area contributed by atoms with Crippen LogP contribution in [0.1, 0.15) is 13.3 Å². The standard InChI is InChI=1S/C13H21N5S/c1-4-18(8-5-7-17(2)3)11-10-6-9-19-12(10)16-13(14)15-11/h6,9H,4-5,7-8H2,1-3H3,(H2,14,15,16). The summed E-state index contributed by atoms with van der Waals surface area (Å²) in [5, 5.41) is 3.14. The van der Waals surface area contributed by atoms with Crippen LogP contribution in [0.2, 0.25) is 0 Å². The Hall–Kier alpha value is -1.40. The summed E-state index contributed by atoms with van der Waals surface area (Å²) in [6.07, 6.45) is 1.11. The maximum absolute atomic E-state index is 5.80. The molecular weight excluding hydrogens is 258 g/mol. The van der Waals surface area contributed by atoms with E-state index in [9.17, 15) is 0 Å². The Balaban J connectivity index is 2.22. The molecule has 0 atom stereocenters. The fraction of sp³-hybridized carbons (Fsp3) is 0.538. The van der Waals surface area contributed by atoms with Crippen LogP contribution < -0.4 is 10.6 Å². The lowest BCUT2D eigenvalue weighted by atomic mass is 10.3. The molecule has 6 heteroatoms. The zero-order chi connectivity index (χ0) is 13.8. The Labute approximate surface area is 118 Å². The molecule has 0 amide bonds. The number of thiophene rings is 1. The molecule has 0 radical (unpaired) electrons. The molecule has 0 spiro atoms. The predicted octanol–water partition coefficient (Wildman–Crippen LogP) is 2.05. The van der Waals surface area contributed by atoms with Crippen molar-refractivity contribution in [2.75, 3.05) is 44.4 Å². The second-order valence-electron chi connectivity index (χ2n) is 4.78. The highest BCUT2D eigenvalue weighted by Crippen LogP contribution is 2.28. The monoisotopic (exact) mass is 279 g/mol. The number of fused-ring (bicyclic) bond motifs is 1. The van der Waals surface area contributed by atoms with Crippen molar-refractivity contribution in [2.45, 2.75) is 13.3 Å². The van der Waals surface area contributed by atoms with Gasteiger partial charge in [0.2, 0.25) is 5.95 Å². The highest BCUT2D eigenvalue weighted by Gasteiger charge is 2.13. The molecule has 0 aliphatic carbocycles. The van der Waals surface area contributed by atoms with Gasteiger partial charge in [-0.15, -0.1) is 11.3 Å². The van der Waals surface area contributed by atoms with Gasteiger partial charge in [-0.3, -0.25) is 0 Å². The Kier molecular flexibility index (Phi) is 4.55. The summed E-state index contributed by atoms with van der Waals surface area (Å²) in [5.41, 5.74) is 5.80. The normalized spacial score (nSPS) is 11.4. The zero-order valence-electron chi connectivity index (χ0n) is 11.8. The summed E-state index contributed by atoms with van der Waals surface area (Å²) >= 11 is 1.61. The van der Waals surface area contributed by atoms with E-state index in [0.717, 1.165) is 42.1 Å². The van der Waals surface area contributed by atoms with Crippen LogP contribution >= 0.6 is 11.3 Å². The van der Waals surface area contributed by atoms with E-state index in [1.807, 2.05) is 5.38 Å². The molecule has 0 unspecified atom stereocenters. The van der Waals surface area contributed by atoms with Gasteiger partial charge in [-0.05, 0) is 45.4 Å². The van der Waals surface area contributed by atoms with Crippen molar-refractivity contribution in [1.29, 1.82) is 0 Å². The Morgan fingerprint density at radius 2 is 2.05 bits per heavy atom. The van der Waals surface area contributed by atoms with Crippen molar-refractivity contribution in [2.24, 2.45) is 0 Å². The molecule has 2 rings (SSSR count). The van der Waals surface area contributed by atoms with E-state index in [-0.39, 0.29) is 0 Å². The smallest absolute Gasteiger partial charge is 0.223 e. The van der Waals surface area contributed by atoms with E-state index in [0.29, 0.717) is 5.95 Å². The molecule has 5 nitrogen and oxygen atoms in total. The molecule has 2 aromatic rings. The van der Waals surface area contributed by atoms with Gasteiger partial charge in [0.1, 0.15) is 10.6 Å². The van der Waals surface area contributed by atoms with Crippen LogP contribution in [0.15, 0.2) is 11.4 Å². The van der Waals surface area contributed by atoms with E-state index in [1.165, 1.54) is 0 Å². The van der Waals surface area contributed by atoms with Gasteiger partial charge in [-0.25, -0.2) is 4.98 Å². The minimum Gasteiger partial charge on any atom is -0.368 e. The molecule has 2 N–H and O–H groups in total. The van der Waals surface area contributed by atoms with Crippen molar-refractivity contribution < 1.29 is 0 Å². The minimum absolute atomic E-state index is 0.357. The number of aromatic nitrogens is 2. The van der Waals surface area contributed by atoms with Gasteiger partial charge in [0.15, 0.2) is 0 Å². The summed E-state index contributed by atoms with van der Waals surface area (Å²) in [7, 11) is 4.19. The van der Waals surface area contributed by atoms with E-state index >= 15 is 0 Å². The van der Waals surface area contributed by atoms with Crippen molar-refractivity contribution in [3.63, 3.8) is 0 Å². The molecule has 0 aliphatic rings. The fourth-order valence-corrected chi connectivity index (χ4v) is 2.85. The quantitative estimate of drug-likeness (QED) is 0.877. The van der Waals surface area contributed by atoms with Crippen molar-refractivity contribution in [3.05, 3.63) is 11.4 Å². The van der Waals surface area contributed by atoms with Gasteiger partial charge in [0, 0.05) is 13.1 Å². The molecule has 2 heterocycles. The third-order valence-electron chi connectivity index (χ3n) is 3.04. The number of hydrogen-bond donors (Lipinski definition) is 1. The predicted molar refractivity (Wildman–Crippen MR) is 82.9 cm³/mol. The lowest BCUT2D eigenvalue weighted by Gasteiger charge is -2.23. The maximum atomic E-state index is 5.80. The number of rotatable bonds is 6. The zero-order valence-corrected chi connectivity index (χ0v) is 12.6. The summed E-state index contributed by atoms with van der Waals surface area (Å²) in [6.45, 7) is 5.13. The first kappa shape index (κ1) is 14.0. The van der Waals surface area contributed by atoms with Crippen LogP contribution in [0.4, 0.5) is 11.8 Å². The van der Waals surface area contributed by atoms with Crippen LogP contribution in [0.25, 0.3) is 10.2 Å². The van der Waals surface area contributed by atoms with Gasteiger partial charge < -0.3 is 15.5 Å². The molecule has 19 heavy (non-hydrogen) atoms. The molecule has 0 bridgehead atoms. The van der Waals surface area contributed by atoms with Crippen molar-refractivity contribution in [1.82, 2.24) is 14.9 Å². The van der Waals surface area contributed by atoms with Gasteiger partial charge in [-0.2, -0.15) is 4.98 Å². The summed E-state index contributed by atoms with van der Waals surface area (Å²) < 4.78 is 0. The third-order valence-corrected chi connectivity index (χ3v) is 3.84. The van der Waals surface area contributed by atoms with Crippen LogP contribution in [-0.2, 0) is 0 Å². The first-order valence-corrected chi connectivity index (χ1v) is 7.40. The Morgan fingerprint density at radius 1 is 1.26 bits per heavy atom. The number of nitrogens with two attached hydrogens (primary N) is 1. The number of hydrogen-bond acceptors (Lipinski definition) is 6. The number of nitrogen functional groups attached to an aromatic ring is 1. The molecule has 0 aromatic carbocycles. The van der Waals surface area contributed by atoms with Crippen LogP contribution in [0, 0.1) is 0 Å². The first-order valence-electron chi connectivity index (χ1n) is 6.52. The average molecular weight is 279 g/mol.